The van der Waals surface area contributed by atoms with Crippen LogP contribution in [-0.4, -0.2) is 47.8 Å². The molecule has 4 nitrogen and oxygen atoms in total. The van der Waals surface area contributed by atoms with Crippen LogP contribution in [0.1, 0.15) is 46.5 Å². The van der Waals surface area contributed by atoms with E-state index >= 15 is 0 Å². The number of aliphatic carboxylic acids is 1. The second-order valence-electron chi connectivity index (χ2n) is 5.58. The van der Waals surface area contributed by atoms with Crippen molar-refractivity contribution in [1.82, 2.24) is 4.90 Å². The van der Waals surface area contributed by atoms with Gasteiger partial charge in [0.1, 0.15) is 5.54 Å². The van der Waals surface area contributed by atoms with Gasteiger partial charge in [-0.15, -0.1) is 0 Å². The fourth-order valence-corrected chi connectivity index (χ4v) is 2.65. The number of carbonyl (C=O) groups is 1. The van der Waals surface area contributed by atoms with Crippen molar-refractivity contribution >= 4 is 5.97 Å². The smallest absolute Gasteiger partial charge is 0.324 e. The topological polar surface area (TPSA) is 49.8 Å². The van der Waals surface area contributed by atoms with E-state index in [1.54, 1.807) is 0 Å². The van der Waals surface area contributed by atoms with Crippen LogP contribution in [0.2, 0.25) is 0 Å². The highest BCUT2D eigenvalue weighted by Crippen LogP contribution is 2.32. The summed E-state index contributed by atoms with van der Waals surface area (Å²) in [4.78, 5) is 13.5. The van der Waals surface area contributed by atoms with Crippen molar-refractivity contribution in [2.75, 3.05) is 26.3 Å². The molecule has 1 heterocycles. The second-order valence-corrected chi connectivity index (χ2v) is 5.58. The molecule has 1 saturated heterocycles. The standard InChI is InChI=1S/C14H27NO3/c1-4-14(13(16)17)7-5-8-15(14)9-11-18-10-6-12(2)3/h12H,4-11H2,1-3H3,(H,16,17). The first-order chi connectivity index (χ1) is 8.53. The first-order valence-electron chi connectivity index (χ1n) is 7.09. The van der Waals surface area contributed by atoms with Crippen LogP contribution >= 0.6 is 0 Å². The first-order valence-corrected chi connectivity index (χ1v) is 7.09. The fourth-order valence-electron chi connectivity index (χ4n) is 2.65. The predicted octanol–water partition coefficient (Wildman–Crippen LogP) is 2.38. The zero-order valence-corrected chi connectivity index (χ0v) is 11.9. The third-order valence-electron chi connectivity index (χ3n) is 3.95. The van der Waals surface area contributed by atoms with Crippen molar-refractivity contribution in [3.05, 3.63) is 0 Å². The second kappa shape index (κ2) is 7.10. The van der Waals surface area contributed by atoms with E-state index in [4.69, 9.17) is 4.74 Å². The molecule has 0 aromatic rings. The summed E-state index contributed by atoms with van der Waals surface area (Å²) in [5, 5.41) is 9.43. The van der Waals surface area contributed by atoms with E-state index in [0.717, 1.165) is 39.0 Å². The van der Waals surface area contributed by atoms with Gasteiger partial charge >= 0.3 is 5.97 Å². The maximum atomic E-state index is 11.5. The number of nitrogens with zero attached hydrogens (tertiary/aromatic N) is 1. The van der Waals surface area contributed by atoms with Gasteiger partial charge < -0.3 is 9.84 Å². The minimum atomic E-state index is -0.676. The average molecular weight is 257 g/mol. The molecule has 1 aliphatic heterocycles. The quantitative estimate of drug-likeness (QED) is 0.678. The number of likely N-dealkylation sites (tertiary alicyclic amines) is 1. The van der Waals surface area contributed by atoms with Gasteiger partial charge in [-0.1, -0.05) is 20.8 Å². The largest absolute Gasteiger partial charge is 0.480 e. The lowest BCUT2D eigenvalue weighted by Gasteiger charge is -2.33. The summed E-state index contributed by atoms with van der Waals surface area (Å²) < 4.78 is 5.59. The Balaban J connectivity index is 2.34. The van der Waals surface area contributed by atoms with Crippen LogP contribution in [-0.2, 0) is 9.53 Å². The van der Waals surface area contributed by atoms with Gasteiger partial charge in [0.05, 0.1) is 6.61 Å². The summed E-state index contributed by atoms with van der Waals surface area (Å²) in [6.07, 6.45) is 3.49. The van der Waals surface area contributed by atoms with Gasteiger partial charge in [0.25, 0.3) is 0 Å². The van der Waals surface area contributed by atoms with Crippen LogP contribution in [0.3, 0.4) is 0 Å². The lowest BCUT2D eigenvalue weighted by molar-refractivity contribution is -0.150. The van der Waals surface area contributed by atoms with Crippen LogP contribution in [0.25, 0.3) is 0 Å². The van der Waals surface area contributed by atoms with Crippen LogP contribution in [0.4, 0.5) is 0 Å². The van der Waals surface area contributed by atoms with Crippen molar-refractivity contribution in [2.24, 2.45) is 5.92 Å². The van der Waals surface area contributed by atoms with Crippen LogP contribution in [0.15, 0.2) is 0 Å². The lowest BCUT2D eigenvalue weighted by atomic mass is 9.93. The monoisotopic (exact) mass is 257 g/mol. The predicted molar refractivity (Wildman–Crippen MR) is 71.7 cm³/mol. The highest BCUT2D eigenvalue weighted by molar-refractivity contribution is 5.79. The van der Waals surface area contributed by atoms with Gasteiger partial charge in [-0.05, 0) is 38.1 Å². The summed E-state index contributed by atoms with van der Waals surface area (Å²) >= 11 is 0. The maximum absolute atomic E-state index is 11.5. The fraction of sp³-hybridized carbons (Fsp3) is 0.929. The molecule has 0 spiro atoms. The van der Waals surface area contributed by atoms with E-state index in [1.807, 2.05) is 6.92 Å². The Morgan fingerprint density at radius 2 is 2.17 bits per heavy atom. The Hall–Kier alpha value is -0.610. The van der Waals surface area contributed by atoms with Crippen LogP contribution in [0.5, 0.6) is 0 Å². The van der Waals surface area contributed by atoms with E-state index in [2.05, 4.69) is 18.7 Å². The summed E-state index contributed by atoms with van der Waals surface area (Å²) in [5.74, 6) is -0.0183. The highest BCUT2D eigenvalue weighted by atomic mass is 16.5. The van der Waals surface area contributed by atoms with Crippen molar-refractivity contribution in [1.29, 1.82) is 0 Å². The molecular weight excluding hydrogens is 230 g/mol. The molecule has 0 bridgehead atoms. The van der Waals surface area contributed by atoms with Gasteiger partial charge in [-0.25, -0.2) is 0 Å². The maximum Gasteiger partial charge on any atom is 0.324 e. The summed E-state index contributed by atoms with van der Waals surface area (Å²) in [7, 11) is 0. The number of ether oxygens (including phenoxy) is 1. The highest BCUT2D eigenvalue weighted by Gasteiger charge is 2.45. The molecule has 0 aliphatic carbocycles. The molecule has 1 rings (SSSR count). The molecule has 1 aliphatic rings. The van der Waals surface area contributed by atoms with Crippen molar-refractivity contribution in [3.63, 3.8) is 0 Å². The molecule has 1 unspecified atom stereocenters. The Morgan fingerprint density at radius 1 is 1.44 bits per heavy atom. The molecule has 0 aromatic carbocycles. The zero-order valence-electron chi connectivity index (χ0n) is 11.9. The Morgan fingerprint density at radius 3 is 2.72 bits per heavy atom. The molecule has 1 N–H and O–H groups in total. The van der Waals surface area contributed by atoms with E-state index in [-0.39, 0.29) is 0 Å². The lowest BCUT2D eigenvalue weighted by Crippen LogP contribution is -2.51. The molecule has 1 atom stereocenters. The summed E-state index contributed by atoms with van der Waals surface area (Å²) in [5.41, 5.74) is -0.637. The molecule has 0 radical (unpaired) electrons. The number of hydrogen-bond donors (Lipinski definition) is 1. The van der Waals surface area contributed by atoms with Gasteiger partial charge in [0.15, 0.2) is 0 Å². The Kier molecular flexibility index (Phi) is 6.09. The summed E-state index contributed by atoms with van der Waals surface area (Å²) in [6.45, 7) is 9.35. The van der Waals surface area contributed by atoms with E-state index in [9.17, 15) is 9.90 Å². The molecule has 18 heavy (non-hydrogen) atoms. The van der Waals surface area contributed by atoms with Crippen molar-refractivity contribution in [2.45, 2.75) is 52.0 Å². The van der Waals surface area contributed by atoms with E-state index in [1.165, 1.54) is 0 Å². The molecule has 0 saturated carbocycles. The average Bonchev–Trinajstić information content (AvgIpc) is 2.72. The minimum absolute atomic E-state index is 0.637. The molecule has 0 amide bonds. The SMILES string of the molecule is CCC1(C(=O)O)CCCN1CCOCCC(C)C. The van der Waals surface area contributed by atoms with Gasteiger partial charge in [0, 0.05) is 13.2 Å². The zero-order chi connectivity index (χ0) is 13.6. The molecule has 0 aromatic heterocycles. The number of carboxylic acid groups (broad SMARTS) is 1. The van der Waals surface area contributed by atoms with Crippen LogP contribution < -0.4 is 0 Å². The number of carboxylic acids is 1. The van der Waals surface area contributed by atoms with Gasteiger partial charge in [-0.2, -0.15) is 0 Å². The Labute approximate surface area is 110 Å². The minimum Gasteiger partial charge on any atom is -0.480 e. The Bertz CT molecular complexity index is 268. The van der Waals surface area contributed by atoms with E-state index < -0.39 is 11.5 Å². The normalized spacial score (nSPS) is 24.9. The molecule has 106 valence electrons. The first kappa shape index (κ1) is 15.4. The number of rotatable bonds is 8. The van der Waals surface area contributed by atoms with Gasteiger partial charge in [0.2, 0.25) is 0 Å². The summed E-state index contributed by atoms with van der Waals surface area (Å²) in [6, 6.07) is 0. The third-order valence-corrected chi connectivity index (χ3v) is 3.95. The molecule has 1 fully saturated rings. The van der Waals surface area contributed by atoms with Crippen LogP contribution in [0, 0.1) is 5.92 Å². The third kappa shape index (κ3) is 3.69. The molecular formula is C14H27NO3. The van der Waals surface area contributed by atoms with Gasteiger partial charge in [-0.3, -0.25) is 9.69 Å². The van der Waals surface area contributed by atoms with Crippen molar-refractivity contribution < 1.29 is 14.6 Å². The molecule has 4 heteroatoms. The number of hydrogen-bond acceptors (Lipinski definition) is 3. The van der Waals surface area contributed by atoms with E-state index in [0.29, 0.717) is 18.9 Å². The van der Waals surface area contributed by atoms with Crippen molar-refractivity contribution in [3.8, 4) is 0 Å².